The molecule has 4 heteroatoms. The Labute approximate surface area is 227 Å². The van der Waals surface area contributed by atoms with Gasteiger partial charge in [-0.15, -0.1) is 11.3 Å². The van der Waals surface area contributed by atoms with Gasteiger partial charge in [-0.1, -0.05) is 91.9 Å². The molecule has 3 aromatic carbocycles. The van der Waals surface area contributed by atoms with Gasteiger partial charge in [-0.25, -0.2) is 4.98 Å². The molecule has 5 aliphatic rings. The van der Waals surface area contributed by atoms with Crippen molar-refractivity contribution < 1.29 is 4.79 Å². The van der Waals surface area contributed by atoms with Crippen molar-refractivity contribution in [2.45, 2.75) is 31.6 Å². The number of nitrogens with one attached hydrogen (secondary N) is 1. The van der Waals surface area contributed by atoms with Gasteiger partial charge in [0.15, 0.2) is 5.13 Å². The lowest BCUT2D eigenvalue weighted by atomic mass is 9.46. The Morgan fingerprint density at radius 3 is 2.58 bits per heavy atom. The Morgan fingerprint density at radius 1 is 0.921 bits per heavy atom. The standard InChI is InChI=1S/C34H28N2OS/c1-34(18-29-25-10-4-6-12-27(25)31(34)28-13-7-5-11-26(28)29)32(37)36-33-35-30(19-38-33)21-14-15-24-22(17-21)16-20-8-2-3-9-23(20)24/h2-15,17,19,25,27,29,31H,16,18H2,1H3,(H,35,36,37). The average Bonchev–Trinajstić information content (AvgIpc) is 3.57. The minimum Gasteiger partial charge on any atom is -0.301 e. The van der Waals surface area contributed by atoms with Gasteiger partial charge in [-0.2, -0.15) is 0 Å². The van der Waals surface area contributed by atoms with Crippen LogP contribution in [0, 0.1) is 17.3 Å². The minimum atomic E-state index is -0.485. The van der Waals surface area contributed by atoms with Gasteiger partial charge < -0.3 is 5.32 Å². The first-order valence-electron chi connectivity index (χ1n) is 13.5. The maximum Gasteiger partial charge on any atom is 0.232 e. The van der Waals surface area contributed by atoms with Crippen molar-refractivity contribution >= 4 is 22.4 Å². The number of hydrogen-bond acceptors (Lipinski definition) is 3. The van der Waals surface area contributed by atoms with E-state index in [2.05, 4.69) is 109 Å². The fourth-order valence-corrected chi connectivity index (χ4v) is 8.48. The molecule has 5 unspecified atom stereocenters. The molecule has 1 aromatic heterocycles. The topological polar surface area (TPSA) is 42.0 Å². The Morgan fingerprint density at radius 2 is 1.68 bits per heavy atom. The summed E-state index contributed by atoms with van der Waals surface area (Å²) in [5.41, 5.74) is 9.70. The Hall–Kier alpha value is -3.76. The van der Waals surface area contributed by atoms with Gasteiger partial charge in [0.05, 0.1) is 11.1 Å². The summed E-state index contributed by atoms with van der Waals surface area (Å²) in [6, 6.07) is 24.0. The second-order valence-electron chi connectivity index (χ2n) is 11.5. The summed E-state index contributed by atoms with van der Waals surface area (Å²) >= 11 is 1.52. The van der Waals surface area contributed by atoms with E-state index in [-0.39, 0.29) is 11.8 Å². The van der Waals surface area contributed by atoms with Gasteiger partial charge in [0.2, 0.25) is 5.91 Å². The molecule has 4 aromatic rings. The highest BCUT2D eigenvalue weighted by Gasteiger charge is 2.58. The number of nitrogens with zero attached hydrogens (tertiary/aromatic N) is 1. The van der Waals surface area contributed by atoms with Crippen LogP contribution in [0.2, 0.25) is 0 Å². The van der Waals surface area contributed by atoms with Crippen molar-refractivity contribution in [1.82, 2.24) is 4.98 Å². The molecule has 0 aliphatic heterocycles. The molecule has 2 bridgehead atoms. The fourth-order valence-electron chi connectivity index (χ4n) is 7.76. The maximum atomic E-state index is 14.0. The molecule has 9 rings (SSSR count). The molecule has 5 aliphatic carbocycles. The molecule has 1 saturated carbocycles. The van der Waals surface area contributed by atoms with Gasteiger partial charge in [0.1, 0.15) is 0 Å². The van der Waals surface area contributed by atoms with E-state index >= 15 is 0 Å². The Kier molecular flexibility index (Phi) is 4.75. The van der Waals surface area contributed by atoms with Crippen molar-refractivity contribution in [3.05, 3.63) is 119 Å². The number of aromatic nitrogens is 1. The molecular weight excluding hydrogens is 484 g/mol. The summed E-state index contributed by atoms with van der Waals surface area (Å²) in [7, 11) is 0. The van der Waals surface area contributed by atoms with E-state index in [1.807, 2.05) is 0 Å². The van der Waals surface area contributed by atoms with Crippen LogP contribution in [0.3, 0.4) is 0 Å². The first-order chi connectivity index (χ1) is 18.6. The predicted octanol–water partition coefficient (Wildman–Crippen LogP) is 7.97. The van der Waals surface area contributed by atoms with Gasteiger partial charge in [-0.3, -0.25) is 4.79 Å². The van der Waals surface area contributed by atoms with Crippen molar-refractivity contribution in [3.8, 4) is 22.4 Å². The van der Waals surface area contributed by atoms with E-state index in [0.717, 1.165) is 24.1 Å². The Balaban J connectivity index is 1.08. The number of carbonyl (C=O) groups excluding carboxylic acids is 1. The van der Waals surface area contributed by atoms with Crippen LogP contribution in [0.4, 0.5) is 5.13 Å². The number of benzene rings is 3. The maximum absolute atomic E-state index is 14.0. The normalized spacial score (nSPS) is 27.4. The van der Waals surface area contributed by atoms with Gasteiger partial charge in [0.25, 0.3) is 0 Å². The molecule has 1 N–H and O–H groups in total. The van der Waals surface area contributed by atoms with Crippen LogP contribution in [0.5, 0.6) is 0 Å². The van der Waals surface area contributed by atoms with Crippen molar-refractivity contribution in [3.63, 3.8) is 0 Å². The predicted molar refractivity (Wildman–Crippen MR) is 154 cm³/mol. The monoisotopic (exact) mass is 512 g/mol. The summed E-state index contributed by atoms with van der Waals surface area (Å²) in [6.07, 6.45) is 10.8. The van der Waals surface area contributed by atoms with E-state index in [0.29, 0.717) is 22.9 Å². The molecule has 1 fully saturated rings. The van der Waals surface area contributed by atoms with Gasteiger partial charge in [0, 0.05) is 16.9 Å². The van der Waals surface area contributed by atoms with Crippen molar-refractivity contribution in [1.29, 1.82) is 0 Å². The molecule has 0 saturated heterocycles. The summed E-state index contributed by atoms with van der Waals surface area (Å²) < 4.78 is 0. The van der Waals surface area contributed by atoms with Gasteiger partial charge in [-0.05, 0) is 70.0 Å². The van der Waals surface area contributed by atoms with Crippen molar-refractivity contribution in [2.24, 2.45) is 17.3 Å². The quantitative estimate of drug-likeness (QED) is 0.266. The molecule has 1 heterocycles. The third kappa shape index (κ3) is 3.13. The second-order valence-corrected chi connectivity index (χ2v) is 12.3. The molecule has 3 nitrogen and oxygen atoms in total. The number of fused-ring (bicyclic) bond motifs is 4. The zero-order valence-corrected chi connectivity index (χ0v) is 22.0. The largest absolute Gasteiger partial charge is 0.301 e. The second kappa shape index (κ2) is 8.12. The summed E-state index contributed by atoms with van der Waals surface area (Å²) in [6.45, 7) is 2.17. The highest BCUT2D eigenvalue weighted by Crippen LogP contribution is 2.64. The van der Waals surface area contributed by atoms with E-state index in [1.54, 1.807) is 0 Å². The number of hydrogen-bond donors (Lipinski definition) is 1. The van der Waals surface area contributed by atoms with Crippen LogP contribution >= 0.6 is 11.3 Å². The molecule has 1 amide bonds. The van der Waals surface area contributed by atoms with Crippen LogP contribution in [-0.4, -0.2) is 10.9 Å². The van der Waals surface area contributed by atoms with E-state index in [9.17, 15) is 4.79 Å². The zero-order chi connectivity index (χ0) is 25.4. The van der Waals surface area contributed by atoms with E-state index < -0.39 is 5.41 Å². The smallest absolute Gasteiger partial charge is 0.232 e. The number of allylic oxidation sites excluding steroid dienone is 4. The highest BCUT2D eigenvalue weighted by molar-refractivity contribution is 7.14. The third-order valence-corrected chi connectivity index (χ3v) is 10.2. The van der Waals surface area contributed by atoms with Crippen LogP contribution in [0.25, 0.3) is 22.4 Å². The van der Waals surface area contributed by atoms with E-state index in [1.165, 1.54) is 44.7 Å². The molecule has 38 heavy (non-hydrogen) atoms. The van der Waals surface area contributed by atoms with Crippen molar-refractivity contribution in [2.75, 3.05) is 5.32 Å². The lowest BCUT2D eigenvalue weighted by Gasteiger charge is -2.56. The molecular formula is C34H28N2OS. The number of anilines is 1. The Bertz CT molecular complexity index is 1680. The van der Waals surface area contributed by atoms with Gasteiger partial charge >= 0.3 is 0 Å². The molecule has 5 atom stereocenters. The van der Waals surface area contributed by atoms with Crippen LogP contribution in [0.1, 0.15) is 47.4 Å². The highest BCUT2D eigenvalue weighted by atomic mass is 32.1. The number of amides is 1. The number of carbonyl (C=O) groups is 1. The molecule has 0 radical (unpaired) electrons. The summed E-state index contributed by atoms with van der Waals surface area (Å²) in [4.78, 5) is 18.9. The lowest BCUT2D eigenvalue weighted by molar-refractivity contribution is -0.130. The van der Waals surface area contributed by atoms with Crippen LogP contribution in [0.15, 0.2) is 96.4 Å². The first kappa shape index (κ1) is 22.2. The first-order valence-corrected chi connectivity index (χ1v) is 14.4. The van der Waals surface area contributed by atoms with Crippen LogP contribution in [-0.2, 0) is 11.2 Å². The average molecular weight is 513 g/mol. The summed E-state index contributed by atoms with van der Waals surface area (Å²) in [5, 5.41) is 5.99. The fraction of sp³-hybridized carbons (Fsp3) is 0.235. The number of thiazole rings is 1. The van der Waals surface area contributed by atoms with E-state index in [4.69, 9.17) is 4.98 Å². The summed E-state index contributed by atoms with van der Waals surface area (Å²) in [5.74, 6) is 1.44. The molecule has 186 valence electrons. The third-order valence-electron chi connectivity index (χ3n) is 9.47. The minimum absolute atomic E-state index is 0.0914. The lowest BCUT2D eigenvalue weighted by Crippen LogP contribution is -2.52. The SMILES string of the molecule is CC1(C(=O)Nc2nc(-c3ccc4c(c3)Cc3ccccc3-4)cs2)CC2c3ccccc3C1C1C=CC=CC21. The zero-order valence-electron chi connectivity index (χ0n) is 21.2. The van der Waals surface area contributed by atoms with Crippen LogP contribution < -0.4 is 5.32 Å². The number of rotatable bonds is 3. The molecule has 0 spiro atoms.